The number of nitrogens with one attached hydrogen (secondary N) is 1. The number of aliphatic carboxylic acids is 1. The van der Waals surface area contributed by atoms with E-state index < -0.39 is 12.0 Å². The molecular formula is C11H14N2O4S. The number of urea groups is 1. The zero-order valence-electron chi connectivity index (χ0n) is 9.67. The average molecular weight is 270 g/mol. The summed E-state index contributed by atoms with van der Waals surface area (Å²) in [5, 5.41) is 11.7. The molecule has 0 spiro atoms. The SMILES string of the molecule is O=C(O)[C@@H]1CSCN1C(=O)NCCc1ccco1. The van der Waals surface area contributed by atoms with Crippen LogP contribution < -0.4 is 5.32 Å². The number of nitrogens with zero attached hydrogens (tertiary/aromatic N) is 1. The number of thioether (sulfide) groups is 1. The van der Waals surface area contributed by atoms with Crippen LogP contribution in [-0.4, -0.2) is 46.2 Å². The molecule has 0 unspecified atom stereocenters. The van der Waals surface area contributed by atoms with E-state index in [1.54, 1.807) is 12.3 Å². The Morgan fingerprint density at radius 1 is 1.61 bits per heavy atom. The van der Waals surface area contributed by atoms with E-state index >= 15 is 0 Å². The number of rotatable bonds is 4. The van der Waals surface area contributed by atoms with Gasteiger partial charge in [-0.15, -0.1) is 11.8 Å². The lowest BCUT2D eigenvalue weighted by atomic mass is 10.3. The monoisotopic (exact) mass is 270 g/mol. The number of carbonyl (C=O) groups excluding carboxylic acids is 1. The predicted octanol–water partition coefficient (Wildman–Crippen LogP) is 0.991. The zero-order valence-corrected chi connectivity index (χ0v) is 10.5. The van der Waals surface area contributed by atoms with Gasteiger partial charge in [0.15, 0.2) is 0 Å². The summed E-state index contributed by atoms with van der Waals surface area (Å²) in [6.45, 7) is 0.430. The minimum Gasteiger partial charge on any atom is -0.480 e. The van der Waals surface area contributed by atoms with Crippen LogP contribution in [0.4, 0.5) is 4.79 Å². The van der Waals surface area contributed by atoms with Gasteiger partial charge in [0.2, 0.25) is 0 Å². The number of amides is 2. The normalized spacial score (nSPS) is 18.9. The lowest BCUT2D eigenvalue weighted by molar-refractivity contribution is -0.140. The summed E-state index contributed by atoms with van der Waals surface area (Å²) in [4.78, 5) is 24.1. The van der Waals surface area contributed by atoms with Crippen molar-refractivity contribution in [2.75, 3.05) is 18.2 Å². The number of furan rings is 1. The van der Waals surface area contributed by atoms with Crippen LogP contribution in [0, 0.1) is 0 Å². The van der Waals surface area contributed by atoms with Crippen LogP contribution in [0.5, 0.6) is 0 Å². The Morgan fingerprint density at radius 2 is 2.44 bits per heavy atom. The van der Waals surface area contributed by atoms with E-state index in [-0.39, 0.29) is 6.03 Å². The molecule has 1 aliphatic rings. The van der Waals surface area contributed by atoms with Crippen LogP contribution in [0.25, 0.3) is 0 Å². The summed E-state index contributed by atoms with van der Waals surface area (Å²) < 4.78 is 5.14. The van der Waals surface area contributed by atoms with Gasteiger partial charge in [-0.3, -0.25) is 0 Å². The van der Waals surface area contributed by atoms with E-state index in [0.717, 1.165) is 5.76 Å². The fourth-order valence-electron chi connectivity index (χ4n) is 1.70. The minimum absolute atomic E-state index is 0.334. The third-order valence-corrected chi connectivity index (χ3v) is 3.67. The van der Waals surface area contributed by atoms with Crippen molar-refractivity contribution in [3.05, 3.63) is 24.2 Å². The van der Waals surface area contributed by atoms with Gasteiger partial charge in [0, 0.05) is 18.7 Å². The van der Waals surface area contributed by atoms with E-state index in [9.17, 15) is 9.59 Å². The van der Waals surface area contributed by atoms with Crippen molar-refractivity contribution >= 4 is 23.8 Å². The zero-order chi connectivity index (χ0) is 13.0. The Kier molecular flexibility index (Phi) is 4.14. The molecule has 2 rings (SSSR count). The van der Waals surface area contributed by atoms with E-state index in [4.69, 9.17) is 9.52 Å². The van der Waals surface area contributed by atoms with Gasteiger partial charge in [-0.1, -0.05) is 0 Å². The molecule has 1 aromatic rings. The van der Waals surface area contributed by atoms with Crippen molar-refractivity contribution in [2.45, 2.75) is 12.5 Å². The largest absolute Gasteiger partial charge is 0.480 e. The number of carboxylic acid groups (broad SMARTS) is 1. The van der Waals surface area contributed by atoms with Crippen LogP contribution in [-0.2, 0) is 11.2 Å². The third-order valence-electron chi connectivity index (χ3n) is 2.66. The lowest BCUT2D eigenvalue weighted by Gasteiger charge is -2.20. The first kappa shape index (κ1) is 12.8. The number of hydrogen-bond acceptors (Lipinski definition) is 4. The van der Waals surface area contributed by atoms with Crippen molar-refractivity contribution in [3.63, 3.8) is 0 Å². The fourth-order valence-corrected chi connectivity index (χ4v) is 2.84. The van der Waals surface area contributed by atoms with Crippen LogP contribution in [0.1, 0.15) is 5.76 Å². The molecule has 0 radical (unpaired) electrons. The van der Waals surface area contributed by atoms with Crippen molar-refractivity contribution in [1.82, 2.24) is 10.2 Å². The van der Waals surface area contributed by atoms with Gasteiger partial charge in [-0.2, -0.15) is 0 Å². The molecule has 0 aliphatic carbocycles. The first-order valence-corrected chi connectivity index (χ1v) is 6.71. The van der Waals surface area contributed by atoms with Gasteiger partial charge in [-0.05, 0) is 12.1 Å². The number of carbonyl (C=O) groups is 2. The second-order valence-electron chi connectivity index (χ2n) is 3.89. The second kappa shape index (κ2) is 5.81. The van der Waals surface area contributed by atoms with Crippen LogP contribution in [0.2, 0.25) is 0 Å². The van der Waals surface area contributed by atoms with Gasteiger partial charge < -0.3 is 19.7 Å². The van der Waals surface area contributed by atoms with E-state index in [1.165, 1.54) is 16.7 Å². The molecule has 1 atom stereocenters. The van der Waals surface area contributed by atoms with Gasteiger partial charge in [0.25, 0.3) is 0 Å². The molecule has 98 valence electrons. The minimum atomic E-state index is -0.957. The van der Waals surface area contributed by atoms with Gasteiger partial charge >= 0.3 is 12.0 Å². The van der Waals surface area contributed by atoms with E-state index in [0.29, 0.717) is 24.6 Å². The molecule has 1 saturated heterocycles. The Hall–Kier alpha value is -1.63. The van der Waals surface area contributed by atoms with Crippen molar-refractivity contribution in [3.8, 4) is 0 Å². The molecule has 6 nitrogen and oxygen atoms in total. The molecule has 7 heteroatoms. The highest BCUT2D eigenvalue weighted by Crippen LogP contribution is 2.20. The molecule has 2 heterocycles. The number of carboxylic acids is 1. The summed E-state index contributed by atoms with van der Waals surface area (Å²) in [7, 11) is 0. The highest BCUT2D eigenvalue weighted by atomic mass is 32.2. The van der Waals surface area contributed by atoms with Crippen LogP contribution in [0.15, 0.2) is 22.8 Å². The summed E-state index contributed by atoms with van der Waals surface area (Å²) in [5.41, 5.74) is 0. The molecule has 0 aromatic carbocycles. The molecule has 0 saturated carbocycles. The standard InChI is InChI=1S/C11H14N2O4S/c14-10(15)9-6-18-7-13(9)11(16)12-4-3-8-2-1-5-17-8/h1-2,5,9H,3-4,6-7H2,(H,12,16)(H,14,15)/t9-/m0/s1. The maximum atomic E-state index is 11.8. The second-order valence-corrected chi connectivity index (χ2v) is 4.88. The number of hydrogen-bond donors (Lipinski definition) is 2. The quantitative estimate of drug-likeness (QED) is 0.852. The molecule has 18 heavy (non-hydrogen) atoms. The molecule has 1 fully saturated rings. The van der Waals surface area contributed by atoms with Crippen molar-refractivity contribution in [2.24, 2.45) is 0 Å². The van der Waals surface area contributed by atoms with Crippen molar-refractivity contribution in [1.29, 1.82) is 0 Å². The summed E-state index contributed by atoms with van der Waals surface area (Å²) >= 11 is 1.44. The van der Waals surface area contributed by atoms with Crippen LogP contribution in [0.3, 0.4) is 0 Å². The van der Waals surface area contributed by atoms with Gasteiger partial charge in [0.1, 0.15) is 11.8 Å². The Balaban J connectivity index is 1.79. The van der Waals surface area contributed by atoms with Crippen LogP contribution >= 0.6 is 11.8 Å². The van der Waals surface area contributed by atoms with Crippen molar-refractivity contribution < 1.29 is 19.1 Å². The Bertz CT molecular complexity index is 421. The van der Waals surface area contributed by atoms with E-state index in [2.05, 4.69) is 5.32 Å². The summed E-state index contributed by atoms with van der Waals surface area (Å²) in [6.07, 6.45) is 2.17. The highest BCUT2D eigenvalue weighted by Gasteiger charge is 2.34. The van der Waals surface area contributed by atoms with Gasteiger partial charge in [0.05, 0.1) is 12.1 Å². The average Bonchev–Trinajstić information content (AvgIpc) is 2.99. The Labute approximate surface area is 108 Å². The smallest absolute Gasteiger partial charge is 0.327 e. The maximum absolute atomic E-state index is 11.8. The third kappa shape index (κ3) is 2.98. The Morgan fingerprint density at radius 3 is 3.11 bits per heavy atom. The molecule has 0 bridgehead atoms. The molecule has 2 N–H and O–H groups in total. The lowest BCUT2D eigenvalue weighted by Crippen LogP contribution is -2.47. The topological polar surface area (TPSA) is 82.8 Å². The first-order chi connectivity index (χ1) is 8.68. The molecule has 1 aromatic heterocycles. The fraction of sp³-hybridized carbons (Fsp3) is 0.455. The predicted molar refractivity (Wildman–Crippen MR) is 66.4 cm³/mol. The molecule has 1 aliphatic heterocycles. The first-order valence-electron chi connectivity index (χ1n) is 5.56. The molecular weight excluding hydrogens is 256 g/mol. The van der Waals surface area contributed by atoms with E-state index in [1.807, 2.05) is 6.07 Å². The summed E-state index contributed by atoms with van der Waals surface area (Å²) in [5.74, 6) is 0.701. The molecule has 2 amide bonds. The maximum Gasteiger partial charge on any atom is 0.327 e. The van der Waals surface area contributed by atoms with Gasteiger partial charge in [-0.25, -0.2) is 9.59 Å². The highest BCUT2D eigenvalue weighted by molar-refractivity contribution is 7.99. The summed E-state index contributed by atoms with van der Waals surface area (Å²) in [6, 6.07) is 2.56.